The maximum atomic E-state index is 13.7. The number of carbonyl (C=O) groups excluding carboxylic acids is 2. The molecular formula is C25H39F2NO3. The van der Waals surface area contributed by atoms with Gasteiger partial charge in [-0.15, -0.1) is 0 Å². The summed E-state index contributed by atoms with van der Waals surface area (Å²) in [5.41, 5.74) is -1.12. The van der Waals surface area contributed by atoms with E-state index in [1.807, 2.05) is 0 Å². The second kappa shape index (κ2) is 14.9. The molecule has 0 aliphatic heterocycles. The minimum atomic E-state index is -0.929. The summed E-state index contributed by atoms with van der Waals surface area (Å²) in [4.78, 5) is 24.2. The Morgan fingerprint density at radius 2 is 1.45 bits per heavy atom. The normalized spacial score (nSPS) is 11.4. The minimum absolute atomic E-state index is 0.0155. The van der Waals surface area contributed by atoms with Crippen LogP contribution < -0.4 is 5.32 Å². The molecule has 0 fully saturated rings. The molecule has 0 atom stereocenters. The molecule has 0 aliphatic carbocycles. The molecule has 0 aromatic heterocycles. The van der Waals surface area contributed by atoms with E-state index in [9.17, 15) is 18.4 Å². The maximum absolute atomic E-state index is 13.7. The van der Waals surface area contributed by atoms with Gasteiger partial charge in [0.25, 0.3) is 5.91 Å². The fourth-order valence-corrected chi connectivity index (χ4v) is 3.35. The highest BCUT2D eigenvalue weighted by Gasteiger charge is 2.24. The highest BCUT2D eigenvalue weighted by molar-refractivity contribution is 5.94. The number of benzene rings is 1. The van der Waals surface area contributed by atoms with E-state index in [1.165, 1.54) is 51.4 Å². The first-order valence-corrected chi connectivity index (χ1v) is 11.7. The van der Waals surface area contributed by atoms with E-state index in [2.05, 4.69) is 12.2 Å². The Balaban J connectivity index is 2.14. The number of nitrogens with one attached hydrogen (secondary N) is 1. The van der Waals surface area contributed by atoms with Crippen LogP contribution in [0.15, 0.2) is 18.2 Å². The second-order valence-corrected chi connectivity index (χ2v) is 8.91. The Kier molecular flexibility index (Phi) is 13.0. The Morgan fingerprint density at radius 3 is 2.00 bits per heavy atom. The number of hydrogen-bond donors (Lipinski definition) is 1. The minimum Gasteiger partial charge on any atom is -0.463 e. The lowest BCUT2D eigenvalue weighted by Gasteiger charge is -2.26. The Hall–Kier alpha value is -1.98. The van der Waals surface area contributed by atoms with Crippen LogP contribution in [0.1, 0.15) is 108 Å². The summed E-state index contributed by atoms with van der Waals surface area (Å²) in [5, 5.41) is 2.62. The van der Waals surface area contributed by atoms with E-state index < -0.39 is 23.1 Å². The van der Waals surface area contributed by atoms with E-state index in [0.717, 1.165) is 31.4 Å². The van der Waals surface area contributed by atoms with Gasteiger partial charge in [-0.2, -0.15) is 0 Å². The fraction of sp³-hybridized carbons (Fsp3) is 0.680. The number of ether oxygens (including phenoxy) is 1. The molecule has 0 saturated heterocycles. The topological polar surface area (TPSA) is 55.4 Å². The van der Waals surface area contributed by atoms with Crippen LogP contribution in [0.5, 0.6) is 0 Å². The van der Waals surface area contributed by atoms with Gasteiger partial charge in [0.05, 0.1) is 11.1 Å². The molecule has 4 nitrogen and oxygen atoms in total. The third-order valence-corrected chi connectivity index (χ3v) is 5.21. The Morgan fingerprint density at radius 1 is 0.903 bits per heavy atom. The van der Waals surface area contributed by atoms with Crippen molar-refractivity contribution in [2.45, 2.75) is 103 Å². The lowest BCUT2D eigenvalue weighted by atomic mass is 10.0. The van der Waals surface area contributed by atoms with Crippen molar-refractivity contribution in [2.24, 2.45) is 0 Å². The van der Waals surface area contributed by atoms with Crippen molar-refractivity contribution >= 4 is 11.9 Å². The van der Waals surface area contributed by atoms with Crippen LogP contribution in [0.25, 0.3) is 0 Å². The molecular weight excluding hydrogens is 400 g/mol. The van der Waals surface area contributed by atoms with E-state index in [4.69, 9.17) is 4.74 Å². The summed E-state index contributed by atoms with van der Waals surface area (Å²) in [7, 11) is 0. The SMILES string of the molecule is CCCCCCCCCCCCCC(=O)OCC(C)(C)NC(=O)c1ccc(F)cc1F. The summed E-state index contributed by atoms with van der Waals surface area (Å²) in [6.07, 6.45) is 13.7. The molecule has 1 aromatic rings. The number of amides is 1. The van der Waals surface area contributed by atoms with Crippen LogP contribution in [-0.2, 0) is 9.53 Å². The van der Waals surface area contributed by atoms with E-state index in [-0.39, 0.29) is 18.1 Å². The Bertz CT molecular complexity index is 677. The van der Waals surface area contributed by atoms with Gasteiger partial charge in [-0.05, 0) is 32.4 Å². The van der Waals surface area contributed by atoms with Gasteiger partial charge in [0, 0.05) is 12.5 Å². The van der Waals surface area contributed by atoms with Crippen LogP contribution in [0, 0.1) is 11.6 Å². The van der Waals surface area contributed by atoms with E-state index in [1.54, 1.807) is 13.8 Å². The highest BCUT2D eigenvalue weighted by Crippen LogP contribution is 2.14. The molecule has 31 heavy (non-hydrogen) atoms. The summed E-state index contributed by atoms with van der Waals surface area (Å²) < 4.78 is 32.0. The van der Waals surface area contributed by atoms with Crippen LogP contribution >= 0.6 is 0 Å². The molecule has 1 amide bonds. The maximum Gasteiger partial charge on any atom is 0.305 e. The molecule has 0 radical (unpaired) electrons. The number of hydrogen-bond acceptors (Lipinski definition) is 3. The van der Waals surface area contributed by atoms with Gasteiger partial charge in [-0.3, -0.25) is 9.59 Å². The summed E-state index contributed by atoms with van der Waals surface area (Å²) in [5.74, 6) is -2.65. The van der Waals surface area contributed by atoms with Crippen molar-refractivity contribution in [1.82, 2.24) is 5.32 Å². The van der Waals surface area contributed by atoms with Crippen molar-refractivity contribution in [3.05, 3.63) is 35.4 Å². The van der Waals surface area contributed by atoms with Crippen molar-refractivity contribution in [1.29, 1.82) is 0 Å². The van der Waals surface area contributed by atoms with Gasteiger partial charge in [0.1, 0.15) is 18.2 Å². The van der Waals surface area contributed by atoms with E-state index >= 15 is 0 Å². The number of halogens is 2. The second-order valence-electron chi connectivity index (χ2n) is 8.91. The van der Waals surface area contributed by atoms with Gasteiger partial charge in [-0.1, -0.05) is 71.1 Å². The van der Waals surface area contributed by atoms with Crippen molar-refractivity contribution in [3.8, 4) is 0 Å². The first-order valence-electron chi connectivity index (χ1n) is 11.7. The third kappa shape index (κ3) is 12.5. The number of esters is 1. The third-order valence-electron chi connectivity index (χ3n) is 5.21. The molecule has 0 saturated carbocycles. The first-order chi connectivity index (χ1) is 14.7. The quantitative estimate of drug-likeness (QED) is 0.230. The van der Waals surface area contributed by atoms with Gasteiger partial charge >= 0.3 is 5.97 Å². The molecule has 1 N–H and O–H groups in total. The molecule has 0 bridgehead atoms. The summed E-state index contributed by atoms with van der Waals surface area (Å²) in [6.45, 7) is 5.58. The van der Waals surface area contributed by atoms with Crippen molar-refractivity contribution < 1.29 is 23.1 Å². The zero-order chi connectivity index (χ0) is 23.1. The van der Waals surface area contributed by atoms with Gasteiger partial charge in [-0.25, -0.2) is 8.78 Å². The van der Waals surface area contributed by atoms with Gasteiger partial charge < -0.3 is 10.1 Å². The van der Waals surface area contributed by atoms with Crippen molar-refractivity contribution in [2.75, 3.05) is 6.61 Å². The Labute approximate surface area is 186 Å². The fourth-order valence-electron chi connectivity index (χ4n) is 3.35. The average Bonchev–Trinajstić information content (AvgIpc) is 2.70. The average molecular weight is 440 g/mol. The van der Waals surface area contributed by atoms with E-state index in [0.29, 0.717) is 12.5 Å². The predicted octanol–water partition coefficient (Wildman–Crippen LogP) is 6.72. The molecule has 1 rings (SSSR count). The number of rotatable bonds is 16. The largest absolute Gasteiger partial charge is 0.463 e. The smallest absolute Gasteiger partial charge is 0.305 e. The molecule has 0 aliphatic rings. The van der Waals surface area contributed by atoms with Crippen molar-refractivity contribution in [3.63, 3.8) is 0 Å². The lowest BCUT2D eigenvalue weighted by molar-refractivity contribution is -0.145. The monoisotopic (exact) mass is 439 g/mol. The van der Waals surface area contributed by atoms with Gasteiger partial charge in [0.15, 0.2) is 0 Å². The predicted molar refractivity (Wildman–Crippen MR) is 120 cm³/mol. The van der Waals surface area contributed by atoms with Gasteiger partial charge in [0.2, 0.25) is 0 Å². The first kappa shape index (κ1) is 27.1. The molecule has 1 aromatic carbocycles. The summed E-state index contributed by atoms with van der Waals surface area (Å²) in [6, 6.07) is 2.78. The number of carbonyl (C=O) groups is 2. The van der Waals surface area contributed by atoms with Crippen LogP contribution in [0.2, 0.25) is 0 Å². The molecule has 0 unspecified atom stereocenters. The van der Waals surface area contributed by atoms with Crippen LogP contribution in [0.4, 0.5) is 8.78 Å². The zero-order valence-corrected chi connectivity index (χ0v) is 19.4. The summed E-state index contributed by atoms with van der Waals surface area (Å²) >= 11 is 0. The standard InChI is InChI=1S/C25H39F2NO3/c1-4-5-6-7-8-9-10-11-12-13-14-15-23(29)31-19-25(2,3)28-24(30)21-17-16-20(26)18-22(21)27/h16-18H,4-15,19H2,1-3H3,(H,28,30). The highest BCUT2D eigenvalue weighted by atomic mass is 19.1. The molecule has 6 heteroatoms. The van der Waals surface area contributed by atoms with Crippen LogP contribution in [-0.4, -0.2) is 24.0 Å². The molecule has 176 valence electrons. The zero-order valence-electron chi connectivity index (χ0n) is 19.4. The number of unbranched alkanes of at least 4 members (excludes halogenated alkanes) is 10. The molecule has 0 spiro atoms. The molecule has 0 heterocycles. The van der Waals surface area contributed by atoms with Crippen LogP contribution in [0.3, 0.4) is 0 Å². The lowest BCUT2D eigenvalue weighted by Crippen LogP contribution is -2.47.